The Labute approximate surface area is 166 Å². The second-order valence-corrected chi connectivity index (χ2v) is 9.33. The van der Waals surface area contributed by atoms with Crippen LogP contribution in [0.2, 0.25) is 0 Å². The summed E-state index contributed by atoms with van der Waals surface area (Å²) in [7, 11) is -2.05. The fourth-order valence-corrected chi connectivity index (χ4v) is 5.20. The molecule has 150 valence electrons. The van der Waals surface area contributed by atoms with Crippen LogP contribution in [0.15, 0.2) is 27.8 Å². The Morgan fingerprint density at radius 1 is 1.29 bits per heavy atom. The molecule has 0 bridgehead atoms. The molecule has 0 aliphatic carbocycles. The lowest BCUT2D eigenvalue weighted by Gasteiger charge is -2.17. The summed E-state index contributed by atoms with van der Waals surface area (Å²) in [6.07, 6.45) is 0.343. The molecule has 0 atom stereocenters. The Morgan fingerprint density at radius 3 is 2.75 bits per heavy atom. The van der Waals surface area contributed by atoms with Gasteiger partial charge in [-0.25, -0.2) is 13.2 Å². The van der Waals surface area contributed by atoms with Gasteiger partial charge in [-0.3, -0.25) is 4.72 Å². The maximum atomic E-state index is 12.6. The van der Waals surface area contributed by atoms with Crippen molar-refractivity contribution in [2.24, 2.45) is 0 Å². The van der Waals surface area contributed by atoms with Gasteiger partial charge in [-0.2, -0.15) is 0 Å². The van der Waals surface area contributed by atoms with Crippen molar-refractivity contribution in [3.8, 4) is 17.2 Å². The third-order valence-corrected chi connectivity index (χ3v) is 7.42. The fraction of sp³-hybridized carbons (Fsp3) is 0.353. The first-order valence-corrected chi connectivity index (χ1v) is 10.9. The van der Waals surface area contributed by atoms with E-state index in [0.29, 0.717) is 31.6 Å². The lowest BCUT2D eigenvalue weighted by molar-refractivity contribution is 0.171. The summed E-state index contributed by atoms with van der Waals surface area (Å²) in [6, 6.07) is 4.61. The maximum absolute atomic E-state index is 12.6. The summed E-state index contributed by atoms with van der Waals surface area (Å²) >= 11 is 1.10. The number of nitrogens with zero attached hydrogens (tertiary/aromatic N) is 2. The number of phenolic OH excluding ortho intramolecular Hbond substituents is 1. The van der Waals surface area contributed by atoms with Crippen LogP contribution in [0.4, 0.5) is 10.5 Å². The van der Waals surface area contributed by atoms with E-state index in [9.17, 15) is 18.3 Å². The molecule has 2 aliphatic rings. The van der Waals surface area contributed by atoms with Crippen LogP contribution in [0.1, 0.15) is 5.56 Å². The molecule has 1 fully saturated rings. The van der Waals surface area contributed by atoms with Gasteiger partial charge in [0.1, 0.15) is 4.21 Å². The van der Waals surface area contributed by atoms with Crippen molar-refractivity contribution in [2.45, 2.75) is 10.6 Å². The number of fused-ring (bicyclic) bond motifs is 1. The first-order chi connectivity index (χ1) is 13.4. The van der Waals surface area contributed by atoms with Gasteiger partial charge in [0.25, 0.3) is 10.0 Å². The monoisotopic (exact) mass is 425 g/mol. The highest BCUT2D eigenvalue weighted by atomic mass is 32.2. The summed E-state index contributed by atoms with van der Waals surface area (Å²) in [5, 5.41) is 12.2. The average Bonchev–Trinajstić information content (AvgIpc) is 3.40. The maximum Gasteiger partial charge on any atom is 0.319 e. The SMILES string of the molecule is CN1CCN(CCc2cc(NS(=O)(=O)c3cccs3)c3c(c2O)OCO3)C1=O. The highest BCUT2D eigenvalue weighted by molar-refractivity contribution is 7.94. The van der Waals surface area contributed by atoms with E-state index in [1.165, 1.54) is 12.1 Å². The number of carbonyl (C=O) groups is 1. The zero-order valence-electron chi connectivity index (χ0n) is 15.0. The number of benzene rings is 1. The minimum Gasteiger partial charge on any atom is -0.504 e. The summed E-state index contributed by atoms with van der Waals surface area (Å²) < 4.78 is 38.5. The van der Waals surface area contributed by atoms with Gasteiger partial charge in [0.15, 0.2) is 11.5 Å². The van der Waals surface area contributed by atoms with Crippen LogP contribution in [0, 0.1) is 0 Å². The smallest absolute Gasteiger partial charge is 0.319 e. The molecular formula is C17H19N3O6S2. The normalized spacial score (nSPS) is 16.1. The molecule has 2 amide bonds. The molecule has 0 saturated carbocycles. The first kappa shape index (κ1) is 18.7. The number of amides is 2. The zero-order valence-corrected chi connectivity index (χ0v) is 16.7. The highest BCUT2D eigenvalue weighted by Crippen LogP contribution is 2.48. The highest BCUT2D eigenvalue weighted by Gasteiger charge is 2.29. The molecule has 4 rings (SSSR count). The van der Waals surface area contributed by atoms with Crippen LogP contribution >= 0.6 is 11.3 Å². The third kappa shape index (κ3) is 3.31. The van der Waals surface area contributed by atoms with E-state index >= 15 is 0 Å². The van der Waals surface area contributed by atoms with Crippen LogP contribution in [0.3, 0.4) is 0 Å². The largest absolute Gasteiger partial charge is 0.504 e. The minimum atomic E-state index is -3.79. The number of phenols is 1. The number of carbonyl (C=O) groups excluding carboxylic acids is 1. The number of hydrogen-bond donors (Lipinski definition) is 2. The Balaban J connectivity index is 1.61. The van der Waals surface area contributed by atoms with E-state index < -0.39 is 10.0 Å². The number of anilines is 1. The molecule has 0 spiro atoms. The minimum absolute atomic E-state index is 0.0705. The third-order valence-electron chi connectivity index (χ3n) is 4.65. The van der Waals surface area contributed by atoms with Gasteiger partial charge in [0.2, 0.25) is 12.5 Å². The standard InChI is InChI=1S/C17H19N3O6S2/c1-19-6-7-20(17(19)22)5-4-11-9-12(15-16(14(11)21)26-10-25-15)18-28(23,24)13-3-2-8-27-13/h2-3,8-9,18,21H,4-7,10H2,1H3. The topological polar surface area (TPSA) is 108 Å². The molecule has 1 aromatic carbocycles. The molecule has 2 aromatic rings. The molecule has 2 aliphatic heterocycles. The molecule has 0 radical (unpaired) electrons. The zero-order chi connectivity index (χ0) is 19.9. The predicted octanol–water partition coefficient (Wildman–Crippen LogP) is 1.89. The summed E-state index contributed by atoms with van der Waals surface area (Å²) in [6.45, 7) is 1.54. The first-order valence-electron chi connectivity index (χ1n) is 8.57. The van der Waals surface area contributed by atoms with Gasteiger partial charge in [0, 0.05) is 32.2 Å². The van der Waals surface area contributed by atoms with Gasteiger partial charge in [-0.05, 0) is 23.9 Å². The van der Waals surface area contributed by atoms with Gasteiger partial charge in [-0.1, -0.05) is 6.07 Å². The van der Waals surface area contributed by atoms with Crippen molar-refractivity contribution in [1.82, 2.24) is 9.80 Å². The number of thiophene rings is 1. The van der Waals surface area contributed by atoms with E-state index in [4.69, 9.17) is 9.47 Å². The molecule has 0 unspecified atom stereocenters. The van der Waals surface area contributed by atoms with E-state index in [0.717, 1.165) is 11.3 Å². The molecule has 1 saturated heterocycles. The van der Waals surface area contributed by atoms with Gasteiger partial charge < -0.3 is 24.4 Å². The second kappa shape index (κ2) is 7.06. The van der Waals surface area contributed by atoms with E-state index in [2.05, 4.69) is 4.72 Å². The van der Waals surface area contributed by atoms with Crippen molar-refractivity contribution in [3.63, 3.8) is 0 Å². The number of urea groups is 1. The Hall–Kier alpha value is -2.66. The Bertz CT molecular complexity index is 1010. The van der Waals surface area contributed by atoms with Gasteiger partial charge >= 0.3 is 6.03 Å². The molecule has 11 heteroatoms. The predicted molar refractivity (Wildman–Crippen MR) is 103 cm³/mol. The van der Waals surface area contributed by atoms with Crippen LogP contribution < -0.4 is 14.2 Å². The summed E-state index contributed by atoms with van der Waals surface area (Å²) in [4.78, 5) is 15.3. The molecule has 1 aromatic heterocycles. The summed E-state index contributed by atoms with van der Waals surface area (Å²) in [5.74, 6) is 0.149. The summed E-state index contributed by atoms with van der Waals surface area (Å²) in [5.41, 5.74) is 0.661. The number of hydrogen-bond acceptors (Lipinski definition) is 7. The quantitative estimate of drug-likeness (QED) is 0.685. The van der Waals surface area contributed by atoms with E-state index in [1.807, 2.05) is 0 Å². The van der Waals surface area contributed by atoms with Crippen LogP contribution in [-0.2, 0) is 16.4 Å². The van der Waals surface area contributed by atoms with Crippen LogP contribution in [0.5, 0.6) is 17.2 Å². The van der Waals surface area contributed by atoms with Crippen LogP contribution in [0.25, 0.3) is 0 Å². The van der Waals surface area contributed by atoms with Crippen LogP contribution in [-0.4, -0.2) is 62.8 Å². The number of ether oxygens (including phenoxy) is 2. The second-order valence-electron chi connectivity index (χ2n) is 6.48. The lowest BCUT2D eigenvalue weighted by Crippen LogP contribution is -2.31. The van der Waals surface area contributed by atoms with Gasteiger partial charge in [0.05, 0.1) is 5.69 Å². The molecule has 28 heavy (non-hydrogen) atoms. The molecular weight excluding hydrogens is 406 g/mol. The van der Waals surface area contributed by atoms with Crippen molar-refractivity contribution in [2.75, 3.05) is 38.2 Å². The molecule has 3 heterocycles. The lowest BCUT2D eigenvalue weighted by atomic mass is 10.1. The van der Waals surface area contributed by atoms with Gasteiger partial charge in [-0.15, -0.1) is 11.3 Å². The Morgan fingerprint density at radius 2 is 2.07 bits per heavy atom. The fourth-order valence-electron chi connectivity index (χ4n) is 3.15. The number of likely N-dealkylation sites (N-methyl/N-ethyl adjacent to an activating group) is 1. The number of aromatic hydroxyl groups is 1. The van der Waals surface area contributed by atoms with Crippen molar-refractivity contribution < 1.29 is 27.8 Å². The van der Waals surface area contributed by atoms with Crippen molar-refractivity contribution in [1.29, 1.82) is 0 Å². The number of sulfonamides is 1. The van der Waals surface area contributed by atoms with E-state index in [1.54, 1.807) is 28.3 Å². The average molecular weight is 425 g/mol. The molecule has 9 nitrogen and oxygen atoms in total. The van der Waals surface area contributed by atoms with Crippen molar-refractivity contribution in [3.05, 3.63) is 29.1 Å². The Kier molecular flexibility index (Phi) is 4.71. The number of rotatable bonds is 6. The van der Waals surface area contributed by atoms with Crippen molar-refractivity contribution >= 4 is 33.1 Å². The van der Waals surface area contributed by atoms with E-state index in [-0.39, 0.29) is 40.0 Å². The number of nitrogens with one attached hydrogen (secondary N) is 1. The molecule has 2 N–H and O–H groups in total.